The average molecular weight is 208 g/mol. The van der Waals surface area contributed by atoms with Crippen LogP contribution in [0.2, 0.25) is 0 Å². The number of rotatable bonds is 4. The second kappa shape index (κ2) is 5.12. The van der Waals surface area contributed by atoms with Gasteiger partial charge in [-0.1, -0.05) is 13.8 Å². The van der Waals surface area contributed by atoms with Gasteiger partial charge in [0.05, 0.1) is 18.0 Å². The Hall–Kier alpha value is -1.09. The second-order valence-electron chi connectivity index (χ2n) is 4.27. The number of hydrogen-bond donors (Lipinski definition) is 1. The van der Waals surface area contributed by atoms with Gasteiger partial charge in [0.2, 0.25) is 0 Å². The topological polar surface area (TPSA) is 48.1 Å². The molecule has 0 aliphatic carbocycles. The van der Waals surface area contributed by atoms with E-state index in [1.165, 1.54) is 0 Å². The van der Waals surface area contributed by atoms with Crippen molar-refractivity contribution < 1.29 is 4.74 Å². The number of aromatic nitrogens is 1. The van der Waals surface area contributed by atoms with E-state index in [1.54, 1.807) is 6.20 Å². The van der Waals surface area contributed by atoms with Crippen molar-refractivity contribution in [2.24, 2.45) is 11.7 Å². The molecule has 0 aliphatic heterocycles. The highest BCUT2D eigenvalue weighted by atomic mass is 16.5. The Morgan fingerprint density at radius 3 is 2.27 bits per heavy atom. The summed E-state index contributed by atoms with van der Waals surface area (Å²) in [5.74, 6) is 1.30. The highest BCUT2D eigenvalue weighted by Gasteiger charge is 2.09. The summed E-state index contributed by atoms with van der Waals surface area (Å²) in [4.78, 5) is 4.24. The molecule has 0 aliphatic rings. The average Bonchev–Trinajstić information content (AvgIpc) is 2.18. The lowest BCUT2D eigenvalue weighted by atomic mass is 10.1. The molecular weight excluding hydrogens is 188 g/mol. The Morgan fingerprint density at radius 2 is 1.87 bits per heavy atom. The lowest BCUT2D eigenvalue weighted by Gasteiger charge is -2.18. The Kier molecular flexibility index (Phi) is 4.09. The van der Waals surface area contributed by atoms with Crippen molar-refractivity contribution in [1.82, 2.24) is 4.98 Å². The molecule has 0 radical (unpaired) electrons. The minimum atomic E-state index is -0.0263. The van der Waals surface area contributed by atoms with Gasteiger partial charge in [-0.2, -0.15) is 0 Å². The summed E-state index contributed by atoms with van der Waals surface area (Å²) >= 11 is 0. The van der Waals surface area contributed by atoms with Crippen molar-refractivity contribution in [3.05, 3.63) is 24.0 Å². The molecule has 0 spiro atoms. The van der Waals surface area contributed by atoms with Crippen molar-refractivity contribution in [3.63, 3.8) is 0 Å². The number of nitrogens with zero attached hydrogens (tertiary/aromatic N) is 1. The van der Waals surface area contributed by atoms with Crippen LogP contribution in [-0.4, -0.2) is 11.1 Å². The quantitative estimate of drug-likeness (QED) is 0.827. The van der Waals surface area contributed by atoms with Crippen molar-refractivity contribution in [1.29, 1.82) is 0 Å². The first-order valence-electron chi connectivity index (χ1n) is 5.39. The maximum Gasteiger partial charge on any atom is 0.138 e. The van der Waals surface area contributed by atoms with Crippen LogP contribution in [-0.2, 0) is 0 Å². The van der Waals surface area contributed by atoms with Gasteiger partial charge in [-0.05, 0) is 31.9 Å². The van der Waals surface area contributed by atoms with Crippen molar-refractivity contribution >= 4 is 0 Å². The standard InChI is InChI=1S/C12H20N2O/c1-8(2)10(4)15-11-5-6-12(9(3)13)14-7-11/h5-10H,13H2,1-4H3/t9-,10?/m0/s1. The van der Waals surface area contributed by atoms with Crippen molar-refractivity contribution in [2.75, 3.05) is 0 Å². The van der Waals surface area contributed by atoms with Gasteiger partial charge >= 0.3 is 0 Å². The molecule has 1 unspecified atom stereocenters. The molecule has 1 heterocycles. The molecule has 15 heavy (non-hydrogen) atoms. The number of ether oxygens (including phenoxy) is 1. The summed E-state index contributed by atoms with van der Waals surface area (Å²) in [7, 11) is 0. The highest BCUT2D eigenvalue weighted by Crippen LogP contribution is 2.16. The fourth-order valence-corrected chi connectivity index (χ4v) is 1.08. The number of hydrogen-bond acceptors (Lipinski definition) is 3. The fourth-order valence-electron chi connectivity index (χ4n) is 1.08. The van der Waals surface area contributed by atoms with Crippen LogP contribution in [0.4, 0.5) is 0 Å². The predicted octanol–water partition coefficient (Wildman–Crippen LogP) is 2.52. The van der Waals surface area contributed by atoms with Gasteiger partial charge < -0.3 is 10.5 Å². The van der Waals surface area contributed by atoms with Crippen molar-refractivity contribution in [2.45, 2.75) is 39.8 Å². The van der Waals surface area contributed by atoms with Crippen LogP contribution in [0.1, 0.15) is 39.4 Å². The minimum Gasteiger partial charge on any atom is -0.489 e. The lowest BCUT2D eigenvalue weighted by molar-refractivity contribution is 0.170. The van der Waals surface area contributed by atoms with E-state index in [1.807, 2.05) is 19.1 Å². The predicted molar refractivity (Wildman–Crippen MR) is 61.8 cm³/mol. The SMILES string of the molecule is CC(C)C(C)Oc1ccc([C@H](C)N)nc1. The zero-order valence-corrected chi connectivity index (χ0v) is 9.90. The van der Waals surface area contributed by atoms with E-state index in [9.17, 15) is 0 Å². The Morgan fingerprint density at radius 1 is 1.20 bits per heavy atom. The molecule has 2 atom stereocenters. The molecule has 0 fully saturated rings. The molecule has 2 N–H and O–H groups in total. The molecule has 0 saturated carbocycles. The summed E-state index contributed by atoms with van der Waals surface area (Å²) in [5, 5.41) is 0. The Labute approximate surface area is 91.7 Å². The monoisotopic (exact) mass is 208 g/mol. The van der Waals surface area contributed by atoms with E-state index in [2.05, 4.69) is 25.8 Å². The molecule has 1 rings (SSSR count). The van der Waals surface area contributed by atoms with Gasteiger partial charge in [0.25, 0.3) is 0 Å². The minimum absolute atomic E-state index is 0.0263. The second-order valence-corrected chi connectivity index (χ2v) is 4.27. The molecule has 1 aromatic heterocycles. The van der Waals surface area contributed by atoms with Gasteiger partial charge in [-0.15, -0.1) is 0 Å². The largest absolute Gasteiger partial charge is 0.489 e. The molecule has 84 valence electrons. The molecular formula is C12H20N2O. The van der Waals surface area contributed by atoms with E-state index >= 15 is 0 Å². The van der Waals surface area contributed by atoms with Gasteiger partial charge in [-0.25, -0.2) is 0 Å². The van der Waals surface area contributed by atoms with Crippen LogP contribution in [0.25, 0.3) is 0 Å². The van der Waals surface area contributed by atoms with Gasteiger partial charge in [0.1, 0.15) is 5.75 Å². The molecule has 0 saturated heterocycles. The normalized spacial score (nSPS) is 15.1. The maximum absolute atomic E-state index is 5.71. The Bertz CT molecular complexity index is 293. The zero-order valence-electron chi connectivity index (χ0n) is 9.90. The van der Waals surface area contributed by atoms with Crippen LogP contribution in [0.15, 0.2) is 18.3 Å². The summed E-state index contributed by atoms with van der Waals surface area (Å²) in [5.41, 5.74) is 6.60. The van der Waals surface area contributed by atoms with E-state index < -0.39 is 0 Å². The third kappa shape index (κ3) is 3.51. The Balaban J connectivity index is 2.64. The molecule has 0 bridgehead atoms. The molecule has 0 amide bonds. The first-order chi connectivity index (χ1) is 7.00. The maximum atomic E-state index is 5.71. The molecule has 3 heteroatoms. The van der Waals surface area contributed by atoms with Gasteiger partial charge in [0.15, 0.2) is 0 Å². The summed E-state index contributed by atoms with van der Waals surface area (Å²) in [6.07, 6.45) is 1.94. The fraction of sp³-hybridized carbons (Fsp3) is 0.583. The lowest BCUT2D eigenvalue weighted by Crippen LogP contribution is -2.18. The van der Waals surface area contributed by atoms with Gasteiger partial charge in [0, 0.05) is 6.04 Å². The number of nitrogens with two attached hydrogens (primary N) is 1. The third-order valence-corrected chi connectivity index (χ3v) is 2.49. The van der Waals surface area contributed by atoms with Crippen molar-refractivity contribution in [3.8, 4) is 5.75 Å². The smallest absolute Gasteiger partial charge is 0.138 e. The highest BCUT2D eigenvalue weighted by molar-refractivity contribution is 5.21. The van der Waals surface area contributed by atoms with Crippen LogP contribution in [0.3, 0.4) is 0 Å². The van der Waals surface area contributed by atoms with E-state index in [0.717, 1.165) is 11.4 Å². The molecule has 3 nitrogen and oxygen atoms in total. The number of pyridine rings is 1. The van der Waals surface area contributed by atoms with Crippen LogP contribution in [0.5, 0.6) is 5.75 Å². The zero-order chi connectivity index (χ0) is 11.4. The first-order valence-corrected chi connectivity index (χ1v) is 5.39. The summed E-state index contributed by atoms with van der Waals surface area (Å²) < 4.78 is 5.71. The molecule has 1 aromatic rings. The van der Waals surface area contributed by atoms with E-state index in [0.29, 0.717) is 5.92 Å². The van der Waals surface area contributed by atoms with Crippen LogP contribution < -0.4 is 10.5 Å². The van der Waals surface area contributed by atoms with Crippen LogP contribution in [0, 0.1) is 5.92 Å². The first kappa shape index (κ1) is 12.0. The summed E-state index contributed by atoms with van der Waals surface area (Å²) in [6.45, 7) is 8.24. The van der Waals surface area contributed by atoms with Crippen LogP contribution >= 0.6 is 0 Å². The molecule has 0 aromatic carbocycles. The van der Waals surface area contributed by atoms with E-state index in [4.69, 9.17) is 10.5 Å². The van der Waals surface area contributed by atoms with E-state index in [-0.39, 0.29) is 12.1 Å². The third-order valence-electron chi connectivity index (χ3n) is 2.49. The van der Waals surface area contributed by atoms with Gasteiger partial charge in [-0.3, -0.25) is 4.98 Å². The summed E-state index contributed by atoms with van der Waals surface area (Å²) in [6, 6.07) is 3.80.